The van der Waals surface area contributed by atoms with Gasteiger partial charge in [0.2, 0.25) is 0 Å². The average molecular weight is 292 g/mol. The fourth-order valence-corrected chi connectivity index (χ4v) is 3.47. The number of nitrogens with zero attached hydrogens (tertiary/aromatic N) is 3. The second-order valence-corrected chi connectivity index (χ2v) is 6.14. The molecule has 6 heteroatoms. The summed E-state index contributed by atoms with van der Waals surface area (Å²) in [6.07, 6.45) is 4.29. The summed E-state index contributed by atoms with van der Waals surface area (Å²) in [4.78, 5) is 19.7. The molecule has 108 valence electrons. The van der Waals surface area contributed by atoms with E-state index in [4.69, 9.17) is 0 Å². The van der Waals surface area contributed by atoms with Gasteiger partial charge in [-0.1, -0.05) is 6.92 Å². The van der Waals surface area contributed by atoms with Crippen LogP contribution in [0.3, 0.4) is 0 Å². The number of nitrogens with one attached hydrogen (secondary N) is 1. The van der Waals surface area contributed by atoms with Crippen LogP contribution < -0.4 is 10.9 Å². The number of hydrogen-bond acceptors (Lipinski definition) is 5. The third-order valence-corrected chi connectivity index (χ3v) is 4.59. The first-order valence-corrected chi connectivity index (χ1v) is 8.05. The van der Waals surface area contributed by atoms with E-state index in [1.165, 1.54) is 24.2 Å². The van der Waals surface area contributed by atoms with Gasteiger partial charge in [-0.3, -0.25) is 14.1 Å². The summed E-state index contributed by atoms with van der Waals surface area (Å²) >= 11 is 1.50. The van der Waals surface area contributed by atoms with Crippen molar-refractivity contribution in [1.82, 2.24) is 19.6 Å². The molecule has 3 heterocycles. The number of fused-ring (bicyclic) bond motifs is 1. The lowest BCUT2D eigenvalue weighted by molar-refractivity contribution is 0.251. The van der Waals surface area contributed by atoms with Crippen LogP contribution in [0.4, 0.5) is 0 Å². The van der Waals surface area contributed by atoms with E-state index in [2.05, 4.69) is 22.1 Å². The van der Waals surface area contributed by atoms with Crippen LogP contribution in [0.1, 0.15) is 25.5 Å². The molecule has 3 rings (SSSR count). The fraction of sp³-hybridized carbons (Fsp3) is 0.571. The summed E-state index contributed by atoms with van der Waals surface area (Å²) in [5.41, 5.74) is 0.888. The molecule has 1 atom stereocenters. The zero-order valence-electron chi connectivity index (χ0n) is 11.7. The molecule has 1 saturated heterocycles. The van der Waals surface area contributed by atoms with Crippen molar-refractivity contribution in [1.29, 1.82) is 0 Å². The van der Waals surface area contributed by atoms with Crippen LogP contribution >= 0.6 is 11.3 Å². The highest BCUT2D eigenvalue weighted by atomic mass is 32.1. The lowest BCUT2D eigenvalue weighted by atomic mass is 10.2. The summed E-state index contributed by atoms with van der Waals surface area (Å²) in [5, 5.41) is 5.41. The quantitative estimate of drug-likeness (QED) is 0.903. The van der Waals surface area contributed by atoms with Crippen LogP contribution in [0, 0.1) is 0 Å². The highest BCUT2D eigenvalue weighted by Crippen LogP contribution is 2.11. The van der Waals surface area contributed by atoms with Crippen molar-refractivity contribution in [3.05, 3.63) is 33.7 Å². The molecular weight excluding hydrogens is 272 g/mol. The first-order valence-electron chi connectivity index (χ1n) is 7.18. The molecule has 2 aromatic rings. The Kier molecular flexibility index (Phi) is 4.14. The lowest BCUT2D eigenvalue weighted by Gasteiger charge is -2.23. The molecular formula is C14H20N4OS. The van der Waals surface area contributed by atoms with E-state index < -0.39 is 0 Å². The van der Waals surface area contributed by atoms with Gasteiger partial charge in [-0.05, 0) is 25.9 Å². The molecule has 1 aliphatic heterocycles. The highest BCUT2D eigenvalue weighted by molar-refractivity contribution is 7.15. The van der Waals surface area contributed by atoms with Gasteiger partial charge >= 0.3 is 0 Å². The number of aromatic nitrogens is 2. The average Bonchev–Trinajstić information content (AvgIpc) is 3.08. The van der Waals surface area contributed by atoms with E-state index in [0.29, 0.717) is 6.04 Å². The number of rotatable bonds is 5. The zero-order chi connectivity index (χ0) is 13.9. The van der Waals surface area contributed by atoms with E-state index in [1.54, 1.807) is 16.7 Å². The molecule has 0 aliphatic carbocycles. The SMILES string of the molecule is CCN(Cc1cc(=O)n2ccsc2n1)CC1CCCN1. The molecule has 1 N–H and O–H groups in total. The standard InChI is InChI=1S/C14H20N4OS/c1-2-17(9-11-4-3-5-15-11)10-12-8-13(19)18-6-7-20-14(18)16-12/h6-8,11,15H,2-5,9-10H2,1H3. The number of hydrogen-bond donors (Lipinski definition) is 1. The minimum atomic E-state index is 0.0151. The summed E-state index contributed by atoms with van der Waals surface area (Å²) in [6.45, 7) is 6.04. The maximum absolute atomic E-state index is 12.0. The van der Waals surface area contributed by atoms with Crippen molar-refractivity contribution in [2.24, 2.45) is 0 Å². The van der Waals surface area contributed by atoms with Crippen molar-refractivity contribution in [2.75, 3.05) is 19.6 Å². The van der Waals surface area contributed by atoms with Crippen LogP contribution in [0.2, 0.25) is 0 Å². The summed E-state index contributed by atoms with van der Waals surface area (Å²) in [5.74, 6) is 0. The fourth-order valence-electron chi connectivity index (χ4n) is 2.73. The highest BCUT2D eigenvalue weighted by Gasteiger charge is 2.17. The van der Waals surface area contributed by atoms with Gasteiger partial charge in [0.05, 0.1) is 5.69 Å². The predicted molar refractivity (Wildman–Crippen MR) is 81.3 cm³/mol. The minimum Gasteiger partial charge on any atom is -0.313 e. The Labute approximate surface area is 122 Å². The molecule has 2 aromatic heterocycles. The van der Waals surface area contributed by atoms with Crippen molar-refractivity contribution in [3.8, 4) is 0 Å². The van der Waals surface area contributed by atoms with E-state index in [-0.39, 0.29) is 5.56 Å². The van der Waals surface area contributed by atoms with Gasteiger partial charge in [-0.25, -0.2) is 4.98 Å². The lowest BCUT2D eigenvalue weighted by Crippen LogP contribution is -2.37. The monoisotopic (exact) mass is 292 g/mol. The molecule has 1 fully saturated rings. The number of thiazole rings is 1. The molecule has 0 spiro atoms. The van der Waals surface area contributed by atoms with Crippen molar-refractivity contribution in [2.45, 2.75) is 32.4 Å². The van der Waals surface area contributed by atoms with Crippen LogP contribution in [0.15, 0.2) is 22.4 Å². The molecule has 0 aromatic carbocycles. The normalized spacial score (nSPS) is 19.2. The van der Waals surface area contributed by atoms with Gasteiger partial charge in [0.1, 0.15) is 0 Å². The van der Waals surface area contributed by atoms with Gasteiger partial charge in [-0.2, -0.15) is 0 Å². The molecule has 5 nitrogen and oxygen atoms in total. The van der Waals surface area contributed by atoms with Gasteiger partial charge < -0.3 is 5.32 Å². The van der Waals surface area contributed by atoms with E-state index in [9.17, 15) is 4.79 Å². The first kappa shape index (κ1) is 13.7. The van der Waals surface area contributed by atoms with Crippen LogP contribution in [0.25, 0.3) is 4.96 Å². The molecule has 20 heavy (non-hydrogen) atoms. The third-order valence-electron chi connectivity index (χ3n) is 3.83. The van der Waals surface area contributed by atoms with Gasteiger partial charge in [0.15, 0.2) is 4.96 Å². The van der Waals surface area contributed by atoms with Crippen molar-refractivity contribution < 1.29 is 0 Å². The smallest absolute Gasteiger partial charge is 0.258 e. The number of likely N-dealkylation sites (N-methyl/N-ethyl adjacent to an activating group) is 1. The predicted octanol–water partition coefficient (Wildman–Crippen LogP) is 1.33. The topological polar surface area (TPSA) is 49.6 Å². The third kappa shape index (κ3) is 2.92. The molecule has 0 amide bonds. The Bertz CT molecular complexity index is 629. The maximum atomic E-state index is 12.0. The van der Waals surface area contributed by atoms with Crippen molar-refractivity contribution in [3.63, 3.8) is 0 Å². The Morgan fingerprint density at radius 3 is 3.25 bits per heavy atom. The van der Waals surface area contributed by atoms with Gasteiger partial charge in [0.25, 0.3) is 5.56 Å². The first-order chi connectivity index (χ1) is 9.76. The molecule has 0 bridgehead atoms. The summed E-state index contributed by atoms with van der Waals surface area (Å²) in [6, 6.07) is 2.24. The Morgan fingerprint density at radius 2 is 2.50 bits per heavy atom. The molecule has 1 aliphatic rings. The van der Waals surface area contributed by atoms with Crippen LogP contribution in [-0.4, -0.2) is 40.0 Å². The summed E-state index contributed by atoms with van der Waals surface area (Å²) in [7, 11) is 0. The molecule has 0 radical (unpaired) electrons. The second kappa shape index (κ2) is 6.03. The zero-order valence-corrected chi connectivity index (χ0v) is 12.5. The van der Waals surface area contributed by atoms with E-state index in [0.717, 1.165) is 36.8 Å². The second-order valence-electron chi connectivity index (χ2n) is 5.26. The Balaban J connectivity index is 1.74. The van der Waals surface area contributed by atoms with E-state index >= 15 is 0 Å². The van der Waals surface area contributed by atoms with Gasteiger partial charge in [-0.15, -0.1) is 11.3 Å². The summed E-state index contributed by atoms with van der Waals surface area (Å²) < 4.78 is 1.60. The maximum Gasteiger partial charge on any atom is 0.258 e. The van der Waals surface area contributed by atoms with Crippen LogP contribution in [-0.2, 0) is 6.54 Å². The largest absolute Gasteiger partial charge is 0.313 e. The molecule has 1 unspecified atom stereocenters. The Hall–Kier alpha value is -1.24. The minimum absolute atomic E-state index is 0.0151. The van der Waals surface area contributed by atoms with Gasteiger partial charge in [0, 0.05) is 36.8 Å². The molecule has 0 saturated carbocycles. The Morgan fingerprint density at radius 1 is 1.60 bits per heavy atom. The van der Waals surface area contributed by atoms with Crippen molar-refractivity contribution >= 4 is 16.3 Å². The van der Waals surface area contributed by atoms with E-state index in [1.807, 2.05) is 5.38 Å². The van der Waals surface area contributed by atoms with Crippen LogP contribution in [0.5, 0.6) is 0 Å².